The molecule has 0 saturated carbocycles. The van der Waals surface area contributed by atoms with E-state index in [9.17, 15) is 0 Å². The van der Waals surface area contributed by atoms with Crippen LogP contribution in [0.4, 0.5) is 0 Å². The molecule has 0 spiro atoms. The Bertz CT molecular complexity index is 425. The highest BCUT2D eigenvalue weighted by Crippen LogP contribution is 2.21. The maximum Gasteiger partial charge on any atom is 0.0860 e. The molecule has 1 aliphatic rings. The van der Waals surface area contributed by atoms with Crippen LogP contribution in [0.5, 0.6) is 0 Å². The van der Waals surface area contributed by atoms with Gasteiger partial charge >= 0.3 is 0 Å². The van der Waals surface area contributed by atoms with E-state index in [0.717, 1.165) is 68.8 Å². The number of halogens is 1. The van der Waals surface area contributed by atoms with Crippen molar-refractivity contribution in [2.24, 2.45) is 0 Å². The zero-order chi connectivity index (χ0) is 14.5. The minimum absolute atomic E-state index is 0.820. The Morgan fingerprint density at radius 2 is 2.05 bits per heavy atom. The molecule has 0 atom stereocenters. The summed E-state index contributed by atoms with van der Waals surface area (Å²) in [6.07, 6.45) is 0. The summed E-state index contributed by atoms with van der Waals surface area (Å²) in [6.45, 7) is 12.5. The average Bonchev–Trinajstić information content (AvgIpc) is 2.74. The summed E-state index contributed by atoms with van der Waals surface area (Å²) >= 11 is 6.36. The average molecular weight is 300 g/mol. The van der Waals surface area contributed by atoms with Crippen molar-refractivity contribution in [2.45, 2.75) is 26.9 Å². The van der Waals surface area contributed by atoms with Gasteiger partial charge in [0, 0.05) is 52.4 Å². The van der Waals surface area contributed by atoms with E-state index >= 15 is 0 Å². The number of nitrogens with one attached hydrogen (secondary N) is 1. The molecule has 0 aliphatic carbocycles. The molecule has 1 fully saturated rings. The van der Waals surface area contributed by atoms with Crippen LogP contribution in [-0.2, 0) is 13.1 Å². The summed E-state index contributed by atoms with van der Waals surface area (Å²) in [6, 6.07) is 0. The molecule has 6 heteroatoms. The highest BCUT2D eigenvalue weighted by molar-refractivity contribution is 6.31. The maximum absolute atomic E-state index is 6.36. The first-order chi connectivity index (χ1) is 9.61. The van der Waals surface area contributed by atoms with E-state index < -0.39 is 0 Å². The van der Waals surface area contributed by atoms with Crippen LogP contribution in [-0.4, -0.2) is 65.9 Å². The summed E-state index contributed by atoms with van der Waals surface area (Å²) in [5.74, 6) is 0. The van der Waals surface area contributed by atoms with Crippen LogP contribution in [0.15, 0.2) is 0 Å². The topological polar surface area (TPSA) is 36.3 Å². The summed E-state index contributed by atoms with van der Waals surface area (Å²) in [4.78, 5) is 4.84. The normalized spacial score (nSPS) is 17.1. The molecule has 0 amide bonds. The van der Waals surface area contributed by atoms with Gasteiger partial charge in [-0.1, -0.05) is 11.6 Å². The first-order valence-corrected chi connectivity index (χ1v) is 7.83. The molecule has 0 bridgehead atoms. The third-order valence-corrected chi connectivity index (χ3v) is 4.37. The summed E-state index contributed by atoms with van der Waals surface area (Å²) in [5, 5.41) is 8.67. The van der Waals surface area contributed by atoms with Crippen molar-refractivity contribution in [3.05, 3.63) is 16.4 Å². The van der Waals surface area contributed by atoms with Gasteiger partial charge in [-0.25, -0.2) is 0 Å². The van der Waals surface area contributed by atoms with Gasteiger partial charge in [-0.05, 0) is 20.9 Å². The zero-order valence-corrected chi connectivity index (χ0v) is 13.6. The van der Waals surface area contributed by atoms with Crippen LogP contribution in [0.2, 0.25) is 5.02 Å². The van der Waals surface area contributed by atoms with Gasteiger partial charge in [0.2, 0.25) is 0 Å². The standard InChI is InChI=1S/C14H26ClN5/c1-4-20-13(14(15)12(2)17-20)11-18(3)9-10-19-7-5-16-6-8-19/h16H,4-11H2,1-3H3. The fraction of sp³-hybridized carbons (Fsp3) is 0.786. The molecular formula is C14H26ClN5. The molecule has 1 aromatic heterocycles. The van der Waals surface area contributed by atoms with Crippen molar-refractivity contribution in [3.8, 4) is 0 Å². The minimum atomic E-state index is 0.820. The van der Waals surface area contributed by atoms with E-state index in [1.807, 2.05) is 11.6 Å². The Morgan fingerprint density at radius 3 is 2.70 bits per heavy atom. The predicted molar refractivity (Wildman–Crippen MR) is 83.3 cm³/mol. The molecule has 2 rings (SSSR count). The lowest BCUT2D eigenvalue weighted by molar-refractivity contribution is 0.200. The first kappa shape index (κ1) is 15.8. The van der Waals surface area contributed by atoms with Gasteiger partial charge in [0.25, 0.3) is 0 Å². The second kappa shape index (κ2) is 7.41. The number of aryl methyl sites for hydroxylation is 2. The zero-order valence-electron chi connectivity index (χ0n) is 12.8. The molecule has 114 valence electrons. The number of rotatable bonds is 6. The van der Waals surface area contributed by atoms with Gasteiger partial charge in [0.15, 0.2) is 0 Å². The van der Waals surface area contributed by atoms with Crippen LogP contribution < -0.4 is 5.32 Å². The van der Waals surface area contributed by atoms with E-state index in [2.05, 4.69) is 34.2 Å². The molecule has 2 heterocycles. The minimum Gasteiger partial charge on any atom is -0.314 e. The molecule has 0 aromatic carbocycles. The fourth-order valence-electron chi connectivity index (χ4n) is 2.60. The van der Waals surface area contributed by atoms with Gasteiger partial charge in [-0.3, -0.25) is 14.5 Å². The number of hydrogen-bond acceptors (Lipinski definition) is 4. The van der Waals surface area contributed by atoms with Crippen LogP contribution in [0, 0.1) is 6.92 Å². The molecular weight excluding hydrogens is 274 g/mol. The Hall–Kier alpha value is -0.620. The molecule has 0 unspecified atom stereocenters. The molecule has 1 N–H and O–H groups in total. The molecule has 1 aliphatic heterocycles. The largest absolute Gasteiger partial charge is 0.314 e. The van der Waals surface area contributed by atoms with Crippen LogP contribution in [0.3, 0.4) is 0 Å². The van der Waals surface area contributed by atoms with Gasteiger partial charge in [0.1, 0.15) is 0 Å². The van der Waals surface area contributed by atoms with Crippen molar-refractivity contribution >= 4 is 11.6 Å². The molecule has 0 radical (unpaired) electrons. The van der Waals surface area contributed by atoms with Crippen molar-refractivity contribution in [1.29, 1.82) is 0 Å². The quantitative estimate of drug-likeness (QED) is 0.856. The second-order valence-corrected chi connectivity index (χ2v) is 5.87. The number of piperazine rings is 1. The van der Waals surface area contributed by atoms with Crippen molar-refractivity contribution in [3.63, 3.8) is 0 Å². The third-order valence-electron chi connectivity index (χ3n) is 3.88. The Kier molecular flexibility index (Phi) is 5.84. The number of aromatic nitrogens is 2. The molecule has 5 nitrogen and oxygen atoms in total. The SMILES string of the molecule is CCn1nc(C)c(Cl)c1CN(C)CCN1CCNCC1. The van der Waals surface area contributed by atoms with E-state index in [1.54, 1.807) is 0 Å². The van der Waals surface area contributed by atoms with Crippen LogP contribution in [0.25, 0.3) is 0 Å². The van der Waals surface area contributed by atoms with Crippen molar-refractivity contribution in [2.75, 3.05) is 46.3 Å². The van der Waals surface area contributed by atoms with Crippen molar-refractivity contribution < 1.29 is 0 Å². The number of hydrogen-bond donors (Lipinski definition) is 1. The lowest BCUT2D eigenvalue weighted by Gasteiger charge is -2.29. The fourth-order valence-corrected chi connectivity index (χ4v) is 2.80. The first-order valence-electron chi connectivity index (χ1n) is 7.45. The molecule has 1 saturated heterocycles. The van der Waals surface area contributed by atoms with Crippen LogP contribution in [0.1, 0.15) is 18.3 Å². The lowest BCUT2D eigenvalue weighted by atomic mass is 10.3. The van der Waals surface area contributed by atoms with E-state index in [1.165, 1.54) is 0 Å². The smallest absolute Gasteiger partial charge is 0.0860 e. The number of likely N-dealkylation sites (N-methyl/N-ethyl adjacent to an activating group) is 1. The molecule has 1 aromatic rings. The highest BCUT2D eigenvalue weighted by atomic mass is 35.5. The van der Waals surface area contributed by atoms with Gasteiger partial charge < -0.3 is 5.32 Å². The Labute approximate surface area is 126 Å². The van der Waals surface area contributed by atoms with Gasteiger partial charge in [-0.2, -0.15) is 5.10 Å². The maximum atomic E-state index is 6.36. The monoisotopic (exact) mass is 299 g/mol. The Balaban J connectivity index is 1.86. The third kappa shape index (κ3) is 3.95. The van der Waals surface area contributed by atoms with Gasteiger partial charge in [-0.15, -0.1) is 0 Å². The van der Waals surface area contributed by atoms with E-state index in [-0.39, 0.29) is 0 Å². The number of nitrogens with zero attached hydrogens (tertiary/aromatic N) is 4. The highest BCUT2D eigenvalue weighted by Gasteiger charge is 2.15. The summed E-state index contributed by atoms with van der Waals surface area (Å²) < 4.78 is 2.01. The summed E-state index contributed by atoms with van der Waals surface area (Å²) in [7, 11) is 2.15. The van der Waals surface area contributed by atoms with E-state index in [4.69, 9.17) is 11.6 Å². The predicted octanol–water partition coefficient (Wildman–Crippen LogP) is 1.20. The molecule has 20 heavy (non-hydrogen) atoms. The van der Waals surface area contributed by atoms with Crippen molar-refractivity contribution in [1.82, 2.24) is 24.9 Å². The Morgan fingerprint density at radius 1 is 1.35 bits per heavy atom. The lowest BCUT2D eigenvalue weighted by Crippen LogP contribution is -2.45. The van der Waals surface area contributed by atoms with Crippen LogP contribution >= 0.6 is 11.6 Å². The van der Waals surface area contributed by atoms with E-state index in [0.29, 0.717) is 0 Å². The van der Waals surface area contributed by atoms with Gasteiger partial charge in [0.05, 0.1) is 16.4 Å². The second-order valence-electron chi connectivity index (χ2n) is 5.49. The summed E-state index contributed by atoms with van der Waals surface area (Å²) in [5.41, 5.74) is 2.06.